The molecule has 0 aromatic rings. The van der Waals surface area contributed by atoms with Gasteiger partial charge in [-0.1, -0.05) is 12.2 Å². The summed E-state index contributed by atoms with van der Waals surface area (Å²) in [5.74, 6) is 0. The summed E-state index contributed by atoms with van der Waals surface area (Å²) in [6.07, 6.45) is -3.24. The molecular weight excluding hydrogens is 157 g/mol. The van der Waals surface area contributed by atoms with E-state index in [2.05, 4.69) is 6.58 Å². The maximum Gasteiger partial charge on any atom is 0.409 e. The Labute approximate surface area is 62.8 Å². The fourth-order valence-corrected chi connectivity index (χ4v) is 0.470. The lowest BCUT2D eigenvalue weighted by Crippen LogP contribution is -2.05. The molecule has 0 saturated heterocycles. The standard InChI is InChI=1S/C7H9F3O/c1-2-3-6(11)4-5-7(8,9)10/h2,4-6,11H,1,3H2/b5-4+. The fraction of sp³-hybridized carbons (Fsp3) is 0.429. The molecule has 0 fully saturated rings. The zero-order chi connectivity index (χ0) is 8.91. The first-order valence-electron chi connectivity index (χ1n) is 3.01. The molecule has 0 rings (SSSR count). The molecule has 1 atom stereocenters. The molecule has 0 aromatic heterocycles. The molecule has 0 amide bonds. The number of hydrogen-bond acceptors (Lipinski definition) is 1. The number of alkyl halides is 3. The Balaban J connectivity index is 3.82. The highest BCUT2D eigenvalue weighted by Crippen LogP contribution is 2.16. The molecule has 64 valence electrons. The van der Waals surface area contributed by atoms with Crippen LogP contribution >= 0.6 is 0 Å². The van der Waals surface area contributed by atoms with Crippen LogP contribution in [0.4, 0.5) is 13.2 Å². The Bertz CT molecular complexity index is 148. The Morgan fingerprint density at radius 2 is 2.00 bits per heavy atom. The van der Waals surface area contributed by atoms with Crippen LogP contribution in [0.15, 0.2) is 24.8 Å². The topological polar surface area (TPSA) is 20.2 Å². The number of aliphatic hydroxyl groups is 1. The second kappa shape index (κ2) is 4.18. The zero-order valence-electron chi connectivity index (χ0n) is 5.80. The largest absolute Gasteiger partial charge is 0.409 e. The highest BCUT2D eigenvalue weighted by molar-refractivity contribution is 4.95. The highest BCUT2D eigenvalue weighted by Gasteiger charge is 2.22. The summed E-state index contributed by atoms with van der Waals surface area (Å²) in [5.41, 5.74) is 0. The van der Waals surface area contributed by atoms with Crippen LogP contribution in [0.1, 0.15) is 6.42 Å². The van der Waals surface area contributed by atoms with Crippen molar-refractivity contribution in [1.29, 1.82) is 0 Å². The van der Waals surface area contributed by atoms with E-state index in [9.17, 15) is 13.2 Å². The third kappa shape index (κ3) is 7.12. The van der Waals surface area contributed by atoms with E-state index in [1.54, 1.807) is 0 Å². The molecular formula is C7H9F3O. The zero-order valence-corrected chi connectivity index (χ0v) is 5.80. The van der Waals surface area contributed by atoms with Gasteiger partial charge in [-0.25, -0.2) is 0 Å². The normalized spacial score (nSPS) is 15.3. The molecule has 1 N–H and O–H groups in total. The van der Waals surface area contributed by atoms with Crippen molar-refractivity contribution in [3.05, 3.63) is 24.8 Å². The van der Waals surface area contributed by atoms with Crippen molar-refractivity contribution in [1.82, 2.24) is 0 Å². The van der Waals surface area contributed by atoms with E-state index in [-0.39, 0.29) is 12.5 Å². The first-order valence-corrected chi connectivity index (χ1v) is 3.01. The van der Waals surface area contributed by atoms with E-state index < -0.39 is 12.3 Å². The van der Waals surface area contributed by atoms with Gasteiger partial charge in [0, 0.05) is 6.08 Å². The fourth-order valence-electron chi connectivity index (χ4n) is 0.470. The molecule has 11 heavy (non-hydrogen) atoms. The molecule has 4 heteroatoms. The summed E-state index contributed by atoms with van der Waals surface area (Å²) in [5, 5.41) is 8.75. The van der Waals surface area contributed by atoms with Gasteiger partial charge in [-0.2, -0.15) is 13.2 Å². The Hall–Kier alpha value is -0.770. The van der Waals surface area contributed by atoms with Gasteiger partial charge in [0.15, 0.2) is 0 Å². The van der Waals surface area contributed by atoms with Crippen molar-refractivity contribution in [3.8, 4) is 0 Å². The highest BCUT2D eigenvalue weighted by atomic mass is 19.4. The molecule has 0 spiro atoms. The molecule has 0 heterocycles. The molecule has 0 aliphatic rings. The van der Waals surface area contributed by atoms with Crippen LogP contribution < -0.4 is 0 Å². The second-order valence-corrected chi connectivity index (χ2v) is 1.99. The number of allylic oxidation sites excluding steroid dienone is 1. The van der Waals surface area contributed by atoms with Crippen molar-refractivity contribution < 1.29 is 18.3 Å². The van der Waals surface area contributed by atoms with Gasteiger partial charge >= 0.3 is 6.18 Å². The van der Waals surface area contributed by atoms with E-state index in [1.165, 1.54) is 6.08 Å². The lowest BCUT2D eigenvalue weighted by molar-refractivity contribution is -0.0805. The number of rotatable bonds is 3. The van der Waals surface area contributed by atoms with Gasteiger partial charge in [0.05, 0.1) is 6.10 Å². The van der Waals surface area contributed by atoms with E-state index >= 15 is 0 Å². The van der Waals surface area contributed by atoms with Gasteiger partial charge < -0.3 is 5.11 Å². The van der Waals surface area contributed by atoms with Gasteiger partial charge in [0.25, 0.3) is 0 Å². The van der Waals surface area contributed by atoms with E-state index in [0.717, 1.165) is 0 Å². The Kier molecular flexibility index (Phi) is 3.89. The summed E-state index contributed by atoms with van der Waals surface area (Å²) in [4.78, 5) is 0. The summed E-state index contributed by atoms with van der Waals surface area (Å²) in [6, 6.07) is 0. The van der Waals surface area contributed by atoms with Crippen LogP contribution in [-0.4, -0.2) is 17.4 Å². The lowest BCUT2D eigenvalue weighted by atomic mass is 10.2. The van der Waals surface area contributed by atoms with E-state index in [1.807, 2.05) is 0 Å². The van der Waals surface area contributed by atoms with Crippen LogP contribution in [0, 0.1) is 0 Å². The molecule has 1 unspecified atom stereocenters. The molecule has 0 bridgehead atoms. The van der Waals surface area contributed by atoms with E-state index in [0.29, 0.717) is 6.08 Å². The summed E-state index contributed by atoms with van der Waals surface area (Å²) < 4.78 is 34.3. The predicted molar refractivity (Wildman–Crippen MR) is 36.0 cm³/mol. The quantitative estimate of drug-likeness (QED) is 0.636. The third-order valence-electron chi connectivity index (χ3n) is 0.916. The van der Waals surface area contributed by atoms with Crippen molar-refractivity contribution in [2.24, 2.45) is 0 Å². The van der Waals surface area contributed by atoms with Crippen LogP contribution in [0.25, 0.3) is 0 Å². The minimum Gasteiger partial charge on any atom is -0.389 e. The van der Waals surface area contributed by atoms with Crippen LogP contribution in [0.2, 0.25) is 0 Å². The molecule has 0 aliphatic heterocycles. The Morgan fingerprint density at radius 3 is 2.36 bits per heavy atom. The summed E-state index contributed by atoms with van der Waals surface area (Å²) in [7, 11) is 0. The molecule has 1 nitrogen and oxygen atoms in total. The van der Waals surface area contributed by atoms with Crippen LogP contribution in [-0.2, 0) is 0 Å². The lowest BCUT2D eigenvalue weighted by Gasteiger charge is -2.01. The second-order valence-electron chi connectivity index (χ2n) is 1.99. The first-order chi connectivity index (χ1) is 4.95. The third-order valence-corrected chi connectivity index (χ3v) is 0.916. The van der Waals surface area contributed by atoms with Crippen molar-refractivity contribution in [3.63, 3.8) is 0 Å². The SMILES string of the molecule is C=CCC(O)/C=C/C(F)(F)F. The molecule has 0 aromatic carbocycles. The van der Waals surface area contributed by atoms with Crippen molar-refractivity contribution in [2.45, 2.75) is 18.7 Å². The van der Waals surface area contributed by atoms with Gasteiger partial charge in [-0.05, 0) is 6.42 Å². The number of hydrogen-bond donors (Lipinski definition) is 1. The smallest absolute Gasteiger partial charge is 0.389 e. The van der Waals surface area contributed by atoms with Crippen LogP contribution in [0.5, 0.6) is 0 Å². The predicted octanol–water partition coefficient (Wildman–Crippen LogP) is 2.04. The number of aliphatic hydroxyl groups excluding tert-OH is 1. The molecule has 0 aliphatic carbocycles. The molecule has 0 saturated carbocycles. The molecule has 0 radical (unpaired) electrons. The minimum absolute atomic E-state index is 0.0150. The minimum atomic E-state index is -4.35. The maximum atomic E-state index is 11.4. The monoisotopic (exact) mass is 166 g/mol. The van der Waals surface area contributed by atoms with Crippen LogP contribution in [0.3, 0.4) is 0 Å². The van der Waals surface area contributed by atoms with Gasteiger partial charge in [-0.3, -0.25) is 0 Å². The average Bonchev–Trinajstić information content (AvgIpc) is 1.83. The Morgan fingerprint density at radius 1 is 1.45 bits per heavy atom. The summed E-state index contributed by atoms with van der Waals surface area (Å²) in [6.45, 7) is 3.27. The first kappa shape index (κ1) is 10.2. The van der Waals surface area contributed by atoms with E-state index in [4.69, 9.17) is 5.11 Å². The van der Waals surface area contributed by atoms with Crippen molar-refractivity contribution >= 4 is 0 Å². The van der Waals surface area contributed by atoms with Gasteiger partial charge in [-0.15, -0.1) is 6.58 Å². The van der Waals surface area contributed by atoms with Gasteiger partial charge in [0.2, 0.25) is 0 Å². The van der Waals surface area contributed by atoms with Gasteiger partial charge in [0.1, 0.15) is 0 Å². The number of halogens is 3. The summed E-state index contributed by atoms with van der Waals surface area (Å²) >= 11 is 0. The average molecular weight is 166 g/mol. The van der Waals surface area contributed by atoms with Crippen molar-refractivity contribution in [2.75, 3.05) is 0 Å². The maximum absolute atomic E-state index is 11.4.